The van der Waals surface area contributed by atoms with E-state index in [0.29, 0.717) is 11.4 Å². The molecule has 0 radical (unpaired) electrons. The van der Waals surface area contributed by atoms with Gasteiger partial charge in [0.15, 0.2) is 0 Å². The molecule has 132 valence electrons. The van der Waals surface area contributed by atoms with Crippen LogP contribution in [-0.2, 0) is 12.8 Å². The van der Waals surface area contributed by atoms with Crippen molar-refractivity contribution in [3.05, 3.63) is 59.8 Å². The van der Waals surface area contributed by atoms with Gasteiger partial charge in [0.05, 0.1) is 24.0 Å². The van der Waals surface area contributed by atoms with Gasteiger partial charge in [-0.1, -0.05) is 30.3 Å². The van der Waals surface area contributed by atoms with E-state index in [1.54, 1.807) is 7.11 Å². The topological polar surface area (TPSA) is 63.2 Å². The predicted octanol–water partition coefficient (Wildman–Crippen LogP) is 4.77. The normalized spacial score (nSPS) is 13.1. The first-order chi connectivity index (χ1) is 12.8. The number of nitrogens with zero attached hydrogens (tertiary/aromatic N) is 1. The molecule has 0 saturated heterocycles. The summed E-state index contributed by atoms with van der Waals surface area (Å²) in [5.74, 6) is 0.629. The first kappa shape index (κ1) is 16.4. The summed E-state index contributed by atoms with van der Waals surface area (Å²) in [5, 5.41) is 6.93. The second kappa shape index (κ2) is 7.04. The van der Waals surface area contributed by atoms with Crippen LogP contribution in [0.25, 0.3) is 10.9 Å². The number of anilines is 2. The second-order valence-electron chi connectivity index (χ2n) is 6.42. The highest BCUT2D eigenvalue weighted by Gasteiger charge is 2.19. The quantitative estimate of drug-likeness (QED) is 0.717. The molecule has 0 unspecified atom stereocenters. The third-order valence-electron chi connectivity index (χ3n) is 4.76. The summed E-state index contributed by atoms with van der Waals surface area (Å²) in [4.78, 5) is 17.5. The molecule has 4 rings (SSSR count). The number of methoxy groups -OCH3 is 1. The Labute approximate surface area is 152 Å². The monoisotopic (exact) mass is 347 g/mol. The molecular weight excluding hydrogens is 326 g/mol. The highest BCUT2D eigenvalue weighted by molar-refractivity contribution is 6.07. The van der Waals surface area contributed by atoms with Gasteiger partial charge < -0.3 is 15.4 Å². The number of carbonyl (C=O) groups is 1. The van der Waals surface area contributed by atoms with Crippen LogP contribution in [0.2, 0.25) is 0 Å². The van der Waals surface area contributed by atoms with E-state index in [4.69, 9.17) is 9.72 Å². The smallest absolute Gasteiger partial charge is 0.323 e. The van der Waals surface area contributed by atoms with E-state index in [0.717, 1.165) is 53.5 Å². The number of carbonyl (C=O) groups excluding carboxylic acids is 1. The fraction of sp³-hybridized carbons (Fsp3) is 0.238. The minimum Gasteiger partial charge on any atom is -0.495 e. The summed E-state index contributed by atoms with van der Waals surface area (Å²) in [6.45, 7) is 0. The Kier molecular flexibility index (Phi) is 4.44. The molecule has 1 aliphatic carbocycles. The number of aryl methyl sites for hydroxylation is 1. The summed E-state index contributed by atoms with van der Waals surface area (Å²) in [6.07, 6.45) is 4.17. The van der Waals surface area contributed by atoms with Gasteiger partial charge in [0.1, 0.15) is 5.75 Å². The molecule has 5 nitrogen and oxygen atoms in total. The van der Waals surface area contributed by atoms with Crippen LogP contribution in [0.15, 0.2) is 48.5 Å². The lowest BCUT2D eigenvalue weighted by Gasteiger charge is -2.21. The Morgan fingerprint density at radius 2 is 1.77 bits per heavy atom. The van der Waals surface area contributed by atoms with Crippen molar-refractivity contribution in [1.82, 2.24) is 4.98 Å². The fourth-order valence-electron chi connectivity index (χ4n) is 3.53. The molecular formula is C21H21N3O2. The van der Waals surface area contributed by atoms with Crippen LogP contribution in [0.1, 0.15) is 24.1 Å². The molecule has 3 aromatic rings. The Hall–Kier alpha value is -3.08. The van der Waals surface area contributed by atoms with Crippen LogP contribution in [0.3, 0.4) is 0 Å². The molecule has 1 aliphatic rings. The van der Waals surface area contributed by atoms with Crippen molar-refractivity contribution in [2.45, 2.75) is 25.7 Å². The van der Waals surface area contributed by atoms with Crippen molar-refractivity contribution >= 4 is 28.3 Å². The molecule has 2 aromatic carbocycles. The molecule has 0 saturated carbocycles. The van der Waals surface area contributed by atoms with E-state index in [2.05, 4.69) is 10.6 Å². The van der Waals surface area contributed by atoms with E-state index >= 15 is 0 Å². The van der Waals surface area contributed by atoms with Crippen molar-refractivity contribution in [2.75, 3.05) is 17.7 Å². The van der Waals surface area contributed by atoms with Gasteiger partial charge >= 0.3 is 6.03 Å². The number of fused-ring (bicyclic) bond motifs is 2. The number of hydrogen-bond acceptors (Lipinski definition) is 3. The molecule has 0 spiro atoms. The molecule has 2 N–H and O–H groups in total. The number of pyridine rings is 1. The number of ether oxygens (including phenoxy) is 1. The number of rotatable bonds is 3. The summed E-state index contributed by atoms with van der Waals surface area (Å²) in [7, 11) is 1.59. The van der Waals surface area contributed by atoms with Gasteiger partial charge in [-0.3, -0.25) is 4.98 Å². The average Bonchev–Trinajstić information content (AvgIpc) is 2.68. The summed E-state index contributed by atoms with van der Waals surface area (Å²) < 4.78 is 5.30. The van der Waals surface area contributed by atoms with Gasteiger partial charge in [-0.2, -0.15) is 0 Å². The van der Waals surface area contributed by atoms with Crippen LogP contribution < -0.4 is 15.4 Å². The predicted molar refractivity (Wildman–Crippen MR) is 104 cm³/mol. The molecule has 1 aromatic heterocycles. The molecule has 5 heteroatoms. The van der Waals surface area contributed by atoms with Crippen molar-refractivity contribution in [1.29, 1.82) is 0 Å². The van der Waals surface area contributed by atoms with Crippen molar-refractivity contribution < 1.29 is 9.53 Å². The molecule has 0 atom stereocenters. The maximum Gasteiger partial charge on any atom is 0.323 e. The molecule has 0 fully saturated rings. The van der Waals surface area contributed by atoms with Crippen molar-refractivity contribution in [3.8, 4) is 5.75 Å². The molecule has 0 aliphatic heterocycles. The Balaban J connectivity index is 1.69. The minimum absolute atomic E-state index is 0.279. The van der Waals surface area contributed by atoms with Gasteiger partial charge in [-0.25, -0.2) is 4.79 Å². The number of benzene rings is 2. The zero-order valence-electron chi connectivity index (χ0n) is 14.7. The van der Waals surface area contributed by atoms with Gasteiger partial charge in [0.25, 0.3) is 0 Å². The lowest BCUT2D eigenvalue weighted by Crippen LogP contribution is -2.22. The Morgan fingerprint density at radius 3 is 2.65 bits per heavy atom. The summed E-state index contributed by atoms with van der Waals surface area (Å²) in [6, 6.07) is 15.0. The highest BCUT2D eigenvalue weighted by atomic mass is 16.5. The van der Waals surface area contributed by atoms with Gasteiger partial charge in [-0.15, -0.1) is 0 Å². The van der Waals surface area contributed by atoms with Crippen molar-refractivity contribution in [3.63, 3.8) is 0 Å². The summed E-state index contributed by atoms with van der Waals surface area (Å²) in [5.41, 5.74) is 4.69. The van der Waals surface area contributed by atoms with Crippen LogP contribution in [0, 0.1) is 0 Å². The molecule has 0 bridgehead atoms. The third-order valence-corrected chi connectivity index (χ3v) is 4.76. The van der Waals surface area contributed by atoms with Crippen LogP contribution in [-0.4, -0.2) is 18.1 Å². The van der Waals surface area contributed by atoms with E-state index < -0.39 is 0 Å². The van der Waals surface area contributed by atoms with Crippen LogP contribution in [0.4, 0.5) is 16.2 Å². The largest absolute Gasteiger partial charge is 0.495 e. The standard InChI is InChI=1S/C21H21N3O2/c1-26-19-13-7-6-12-18(19)23-21(25)24-20-14-8-2-4-10-16(14)22-17-11-5-3-9-15(17)20/h2,4,6-8,10,12-13H,3,5,9,11H2,1H3,(H2,22,23,24,25). The Bertz CT molecular complexity index is 969. The number of para-hydroxylation sites is 3. The lowest BCUT2D eigenvalue weighted by molar-refractivity contribution is 0.262. The summed E-state index contributed by atoms with van der Waals surface area (Å²) >= 11 is 0. The fourth-order valence-corrected chi connectivity index (χ4v) is 3.53. The van der Waals surface area contributed by atoms with E-state index in [9.17, 15) is 4.79 Å². The lowest BCUT2D eigenvalue weighted by atomic mass is 9.93. The number of aromatic nitrogens is 1. The van der Waals surface area contributed by atoms with Gasteiger partial charge in [0, 0.05) is 11.1 Å². The van der Waals surface area contributed by atoms with Crippen LogP contribution >= 0.6 is 0 Å². The van der Waals surface area contributed by atoms with E-state index in [1.807, 2.05) is 48.5 Å². The second-order valence-corrected chi connectivity index (χ2v) is 6.42. The van der Waals surface area contributed by atoms with E-state index in [1.165, 1.54) is 0 Å². The first-order valence-corrected chi connectivity index (χ1v) is 8.88. The van der Waals surface area contributed by atoms with Gasteiger partial charge in [0.2, 0.25) is 0 Å². The number of urea groups is 1. The zero-order valence-corrected chi connectivity index (χ0v) is 14.7. The first-order valence-electron chi connectivity index (χ1n) is 8.88. The third kappa shape index (κ3) is 3.08. The van der Waals surface area contributed by atoms with E-state index in [-0.39, 0.29) is 6.03 Å². The SMILES string of the molecule is COc1ccccc1NC(=O)Nc1c2c(nc3ccccc13)CCCC2. The molecule has 26 heavy (non-hydrogen) atoms. The highest BCUT2D eigenvalue weighted by Crippen LogP contribution is 2.33. The zero-order chi connectivity index (χ0) is 17.9. The minimum atomic E-state index is -0.279. The number of hydrogen-bond donors (Lipinski definition) is 2. The Morgan fingerprint density at radius 1 is 1.00 bits per heavy atom. The average molecular weight is 347 g/mol. The maximum absolute atomic E-state index is 12.7. The molecule has 2 amide bonds. The van der Waals surface area contributed by atoms with Crippen LogP contribution in [0.5, 0.6) is 5.75 Å². The van der Waals surface area contributed by atoms with Gasteiger partial charge in [-0.05, 0) is 49.4 Å². The number of nitrogens with one attached hydrogen (secondary N) is 2. The maximum atomic E-state index is 12.7. The molecule has 1 heterocycles. The van der Waals surface area contributed by atoms with Crippen molar-refractivity contribution in [2.24, 2.45) is 0 Å². The number of amides is 2.